The van der Waals surface area contributed by atoms with E-state index >= 15 is 0 Å². The van der Waals surface area contributed by atoms with E-state index in [2.05, 4.69) is 16.3 Å². The van der Waals surface area contributed by atoms with Crippen LogP contribution >= 0.6 is 0 Å². The van der Waals surface area contributed by atoms with Crippen LogP contribution in [0.2, 0.25) is 0 Å². The van der Waals surface area contributed by atoms with E-state index in [1.54, 1.807) is 12.1 Å². The second-order valence-corrected chi connectivity index (χ2v) is 3.72. The summed E-state index contributed by atoms with van der Waals surface area (Å²) >= 11 is 0. The van der Waals surface area contributed by atoms with Crippen LogP contribution in [0.1, 0.15) is 18.9 Å². The van der Waals surface area contributed by atoms with Gasteiger partial charge in [-0.15, -0.1) is 0 Å². The Morgan fingerprint density at radius 1 is 1.56 bits per heavy atom. The average molecular weight is 215 g/mol. The first-order valence-electron chi connectivity index (χ1n) is 5.33. The van der Waals surface area contributed by atoms with Crippen LogP contribution in [0.3, 0.4) is 0 Å². The quantitative estimate of drug-likeness (QED) is 0.776. The summed E-state index contributed by atoms with van der Waals surface area (Å²) < 4.78 is 0. The second kappa shape index (κ2) is 4.23. The van der Waals surface area contributed by atoms with Crippen molar-refractivity contribution in [1.29, 1.82) is 5.26 Å². The van der Waals surface area contributed by atoms with E-state index in [-0.39, 0.29) is 5.91 Å². The summed E-state index contributed by atoms with van der Waals surface area (Å²) in [5, 5.41) is 11.7. The van der Waals surface area contributed by atoms with E-state index in [1.165, 1.54) is 0 Å². The van der Waals surface area contributed by atoms with E-state index < -0.39 is 0 Å². The van der Waals surface area contributed by atoms with Gasteiger partial charge in [0.2, 0.25) is 5.91 Å². The fraction of sp³-hybridized carbons (Fsp3) is 0.333. The molecule has 4 nitrogen and oxygen atoms in total. The molecule has 2 rings (SSSR count). The Morgan fingerprint density at radius 2 is 2.38 bits per heavy atom. The molecule has 0 saturated heterocycles. The number of anilines is 2. The third kappa shape index (κ3) is 1.84. The summed E-state index contributed by atoms with van der Waals surface area (Å²) in [6, 6.07) is 7.45. The predicted octanol–water partition coefficient (Wildman–Crippen LogP) is 1.73. The molecule has 1 N–H and O–H groups in total. The van der Waals surface area contributed by atoms with E-state index in [1.807, 2.05) is 13.0 Å². The number of fused-ring (bicyclic) bond motifs is 1. The molecule has 1 amide bonds. The van der Waals surface area contributed by atoms with Crippen molar-refractivity contribution in [2.45, 2.75) is 13.3 Å². The number of carbonyl (C=O) groups excluding carboxylic acids is 1. The van der Waals surface area contributed by atoms with Crippen LogP contribution in [-0.2, 0) is 4.79 Å². The fourth-order valence-corrected chi connectivity index (χ4v) is 1.87. The minimum Gasteiger partial charge on any atom is -0.370 e. The first-order valence-corrected chi connectivity index (χ1v) is 5.33. The Morgan fingerprint density at radius 3 is 3.06 bits per heavy atom. The van der Waals surface area contributed by atoms with Crippen LogP contribution in [0.4, 0.5) is 11.4 Å². The minimum absolute atomic E-state index is 0.0295. The number of nitrogens with zero attached hydrogens (tertiary/aromatic N) is 2. The van der Waals surface area contributed by atoms with Gasteiger partial charge in [-0.05, 0) is 25.1 Å². The Bertz CT molecular complexity index is 462. The van der Waals surface area contributed by atoms with Gasteiger partial charge in [0.1, 0.15) is 0 Å². The highest BCUT2D eigenvalue weighted by Crippen LogP contribution is 2.29. The van der Waals surface area contributed by atoms with Crippen molar-refractivity contribution in [2.24, 2.45) is 0 Å². The Kier molecular flexibility index (Phi) is 2.78. The Balaban J connectivity index is 2.48. The maximum atomic E-state index is 11.5. The molecule has 0 saturated carbocycles. The van der Waals surface area contributed by atoms with E-state index in [4.69, 9.17) is 5.26 Å². The molecule has 1 aromatic carbocycles. The lowest BCUT2D eigenvalue weighted by molar-refractivity contribution is -0.115. The van der Waals surface area contributed by atoms with Crippen LogP contribution in [0.25, 0.3) is 0 Å². The molecule has 0 fully saturated rings. The van der Waals surface area contributed by atoms with Gasteiger partial charge in [0, 0.05) is 19.5 Å². The summed E-state index contributed by atoms with van der Waals surface area (Å²) in [4.78, 5) is 13.6. The summed E-state index contributed by atoms with van der Waals surface area (Å²) in [5.41, 5.74) is 2.35. The molecular weight excluding hydrogens is 202 g/mol. The maximum absolute atomic E-state index is 11.5. The fourth-order valence-electron chi connectivity index (χ4n) is 1.87. The van der Waals surface area contributed by atoms with E-state index in [9.17, 15) is 4.79 Å². The predicted molar refractivity (Wildman–Crippen MR) is 62.3 cm³/mol. The van der Waals surface area contributed by atoms with Gasteiger partial charge in [0.25, 0.3) is 0 Å². The molecule has 16 heavy (non-hydrogen) atoms. The van der Waals surface area contributed by atoms with Gasteiger partial charge >= 0.3 is 0 Å². The van der Waals surface area contributed by atoms with Crippen molar-refractivity contribution in [2.75, 3.05) is 23.3 Å². The van der Waals surface area contributed by atoms with Crippen LogP contribution in [-0.4, -0.2) is 19.0 Å². The number of carbonyl (C=O) groups is 1. The lowest BCUT2D eigenvalue weighted by atomic mass is 10.1. The highest BCUT2D eigenvalue weighted by Gasteiger charge is 2.18. The third-order valence-corrected chi connectivity index (χ3v) is 2.73. The van der Waals surface area contributed by atoms with Crippen molar-refractivity contribution in [3.63, 3.8) is 0 Å². The summed E-state index contributed by atoms with van der Waals surface area (Å²) in [6.45, 7) is 3.57. The van der Waals surface area contributed by atoms with E-state index in [0.29, 0.717) is 18.5 Å². The van der Waals surface area contributed by atoms with Crippen molar-refractivity contribution in [1.82, 2.24) is 0 Å². The molecule has 1 aliphatic rings. The molecule has 0 aliphatic carbocycles. The molecule has 0 radical (unpaired) electrons. The van der Waals surface area contributed by atoms with Gasteiger partial charge in [0.05, 0.1) is 23.0 Å². The van der Waals surface area contributed by atoms with Crippen LogP contribution in [0.15, 0.2) is 18.2 Å². The first kappa shape index (κ1) is 10.5. The molecule has 0 atom stereocenters. The molecule has 1 aromatic rings. The average Bonchev–Trinajstić information content (AvgIpc) is 2.46. The van der Waals surface area contributed by atoms with Gasteiger partial charge < -0.3 is 10.2 Å². The standard InChI is InChI=1S/C12H13N3O/c1-2-15-6-5-12(16)14-10-4-3-9(8-13)7-11(10)15/h3-4,7H,2,5-6H2,1H3,(H,14,16). The van der Waals surface area contributed by atoms with Crippen LogP contribution < -0.4 is 10.2 Å². The lowest BCUT2D eigenvalue weighted by Gasteiger charge is -2.22. The summed E-state index contributed by atoms with van der Waals surface area (Å²) in [7, 11) is 0. The molecule has 0 spiro atoms. The number of hydrogen-bond donors (Lipinski definition) is 1. The largest absolute Gasteiger partial charge is 0.370 e. The number of nitrogens with one attached hydrogen (secondary N) is 1. The number of amides is 1. The zero-order valence-corrected chi connectivity index (χ0v) is 9.16. The third-order valence-electron chi connectivity index (χ3n) is 2.73. The smallest absolute Gasteiger partial charge is 0.226 e. The van der Waals surface area contributed by atoms with Gasteiger partial charge in [-0.2, -0.15) is 5.26 Å². The number of hydrogen-bond acceptors (Lipinski definition) is 3. The van der Waals surface area contributed by atoms with Gasteiger partial charge in [-0.1, -0.05) is 0 Å². The SMILES string of the molecule is CCN1CCC(=O)Nc2ccc(C#N)cc21. The maximum Gasteiger partial charge on any atom is 0.226 e. The van der Waals surface area contributed by atoms with Gasteiger partial charge in [0.15, 0.2) is 0 Å². The molecule has 82 valence electrons. The zero-order chi connectivity index (χ0) is 11.5. The highest BCUT2D eigenvalue weighted by atomic mass is 16.1. The molecule has 0 unspecified atom stereocenters. The lowest BCUT2D eigenvalue weighted by Crippen LogP contribution is -2.23. The van der Waals surface area contributed by atoms with Crippen molar-refractivity contribution < 1.29 is 4.79 Å². The molecule has 0 bridgehead atoms. The zero-order valence-electron chi connectivity index (χ0n) is 9.16. The van der Waals surface area contributed by atoms with Crippen molar-refractivity contribution in [3.8, 4) is 6.07 Å². The van der Waals surface area contributed by atoms with E-state index in [0.717, 1.165) is 17.9 Å². The Labute approximate surface area is 94.5 Å². The van der Waals surface area contributed by atoms with Crippen LogP contribution in [0.5, 0.6) is 0 Å². The normalized spacial score (nSPS) is 14.8. The molecule has 0 aromatic heterocycles. The number of rotatable bonds is 1. The van der Waals surface area contributed by atoms with Crippen molar-refractivity contribution >= 4 is 17.3 Å². The molecule has 1 aliphatic heterocycles. The van der Waals surface area contributed by atoms with Crippen molar-refractivity contribution in [3.05, 3.63) is 23.8 Å². The number of nitriles is 1. The van der Waals surface area contributed by atoms with Gasteiger partial charge in [-0.25, -0.2) is 0 Å². The van der Waals surface area contributed by atoms with Gasteiger partial charge in [-0.3, -0.25) is 4.79 Å². The topological polar surface area (TPSA) is 56.1 Å². The number of benzene rings is 1. The highest BCUT2D eigenvalue weighted by molar-refractivity contribution is 5.96. The van der Waals surface area contributed by atoms with Crippen LogP contribution in [0, 0.1) is 11.3 Å². The molecular formula is C12H13N3O. The molecule has 1 heterocycles. The minimum atomic E-state index is 0.0295. The first-order chi connectivity index (χ1) is 7.74. The second-order valence-electron chi connectivity index (χ2n) is 3.72. The summed E-state index contributed by atoms with van der Waals surface area (Å²) in [6.07, 6.45) is 0.490. The summed E-state index contributed by atoms with van der Waals surface area (Å²) in [5.74, 6) is 0.0295. The Hall–Kier alpha value is -2.02. The molecule has 4 heteroatoms. The monoisotopic (exact) mass is 215 g/mol.